The van der Waals surface area contributed by atoms with Crippen molar-refractivity contribution in [3.05, 3.63) is 65.0 Å². The number of carboxylic acids is 2. The fraction of sp³-hybridized carbons (Fsp3) is 0.286. The maximum atomic E-state index is 11.7. The van der Waals surface area contributed by atoms with Crippen LogP contribution < -0.4 is 0 Å². The van der Waals surface area contributed by atoms with Gasteiger partial charge in [0.2, 0.25) is 0 Å². The second-order valence-electron chi connectivity index (χ2n) is 7.44. The molecule has 2 unspecified atom stereocenters. The Bertz CT molecular complexity index is 1110. The van der Waals surface area contributed by atoms with Crippen molar-refractivity contribution in [2.75, 3.05) is 20.2 Å². The number of aliphatic hydroxyl groups excluding tert-OH is 1. The number of hydrogen-bond acceptors (Lipinski definition) is 7. The summed E-state index contributed by atoms with van der Waals surface area (Å²) in [5, 5.41) is 28.8. The molecule has 0 saturated heterocycles. The first kappa shape index (κ1) is 20.9. The van der Waals surface area contributed by atoms with Gasteiger partial charge in [-0.15, -0.1) is 0 Å². The van der Waals surface area contributed by atoms with Crippen LogP contribution in [-0.4, -0.2) is 62.3 Å². The van der Waals surface area contributed by atoms with Crippen LogP contribution >= 0.6 is 0 Å². The Labute approximate surface area is 176 Å². The molecule has 2 atom stereocenters. The minimum Gasteiger partial charge on any atom is -0.479 e. The molecule has 10 nitrogen and oxygen atoms in total. The van der Waals surface area contributed by atoms with Gasteiger partial charge < -0.3 is 20.3 Å². The molecule has 31 heavy (non-hydrogen) atoms. The Balaban J connectivity index is 1.41. The van der Waals surface area contributed by atoms with Crippen LogP contribution in [0, 0.1) is 0 Å². The molecule has 1 aromatic heterocycles. The summed E-state index contributed by atoms with van der Waals surface area (Å²) in [5.41, 5.74) is 1.16. The number of H-pyrrole nitrogens is 1. The first-order chi connectivity index (χ1) is 14.8. The largest absolute Gasteiger partial charge is 0.479 e. The van der Waals surface area contributed by atoms with E-state index in [1.165, 1.54) is 12.1 Å². The van der Waals surface area contributed by atoms with Crippen LogP contribution in [0.4, 0.5) is 0 Å². The number of hydrogen-bond donors (Lipinski definition) is 4. The number of imidazole rings is 1. The zero-order valence-electron chi connectivity index (χ0n) is 16.6. The number of nitrogens with zero attached hydrogens (tertiary/aromatic N) is 2. The number of aromatic amines is 1. The summed E-state index contributed by atoms with van der Waals surface area (Å²) >= 11 is 0. The molecule has 1 aliphatic carbocycles. The third kappa shape index (κ3) is 4.01. The van der Waals surface area contributed by atoms with E-state index in [0.717, 1.165) is 16.9 Å². The molecule has 2 aromatic carbocycles. The van der Waals surface area contributed by atoms with Gasteiger partial charge in [0, 0.05) is 17.7 Å². The lowest BCUT2D eigenvalue weighted by atomic mass is 10.1. The van der Waals surface area contributed by atoms with Crippen molar-refractivity contribution in [3.8, 4) is 0 Å². The number of aromatic nitrogens is 2. The van der Waals surface area contributed by atoms with Crippen LogP contribution in [0.25, 0.3) is 11.0 Å². The predicted octanol–water partition coefficient (Wildman–Crippen LogP) is 1.40. The summed E-state index contributed by atoms with van der Waals surface area (Å²) in [5.74, 6) is -1.83. The van der Waals surface area contributed by atoms with Gasteiger partial charge in [-0.3, -0.25) is 4.90 Å². The van der Waals surface area contributed by atoms with E-state index in [1.807, 2.05) is 36.2 Å². The average molecular weight is 427 g/mol. The number of carbonyl (C=O) groups is 2. The Hall–Kier alpha value is -3.31. The van der Waals surface area contributed by atoms with E-state index >= 15 is 0 Å². The van der Waals surface area contributed by atoms with Crippen molar-refractivity contribution in [1.82, 2.24) is 14.9 Å². The number of nitrogens with one attached hydrogen (secondary N) is 1. The number of rotatable bonds is 10. The normalized spacial score (nSPS) is 18.2. The molecule has 1 aliphatic rings. The fourth-order valence-electron chi connectivity index (χ4n) is 3.62. The van der Waals surface area contributed by atoms with Crippen molar-refractivity contribution < 1.29 is 34.7 Å². The number of aliphatic carboxylic acids is 2. The van der Waals surface area contributed by atoms with Crippen LogP contribution in [0.3, 0.4) is 0 Å². The number of aliphatic hydroxyl groups is 1. The van der Waals surface area contributed by atoms with E-state index < -0.39 is 30.3 Å². The zero-order chi connectivity index (χ0) is 22.2. The van der Waals surface area contributed by atoms with Gasteiger partial charge in [-0.1, -0.05) is 24.3 Å². The highest BCUT2D eigenvalue weighted by Gasteiger charge is 2.61. The molecule has 0 bridgehead atoms. The first-order valence-corrected chi connectivity index (χ1v) is 9.52. The number of fused-ring (bicyclic) bond motifs is 2. The third-order valence-electron chi connectivity index (χ3n) is 5.13. The van der Waals surface area contributed by atoms with Gasteiger partial charge in [0.1, 0.15) is 5.82 Å². The highest BCUT2D eigenvalue weighted by Crippen LogP contribution is 2.52. The number of benzene rings is 2. The second kappa shape index (κ2) is 8.08. The second-order valence-corrected chi connectivity index (χ2v) is 7.44. The van der Waals surface area contributed by atoms with Gasteiger partial charge in [-0.05, 0) is 30.8 Å². The molecule has 4 N–H and O–H groups in total. The molecular formula is C21H21N3O7. The summed E-state index contributed by atoms with van der Waals surface area (Å²) < 4.78 is 0. The van der Waals surface area contributed by atoms with Crippen molar-refractivity contribution in [2.24, 2.45) is 0 Å². The Morgan fingerprint density at radius 1 is 1.19 bits per heavy atom. The molecule has 0 fully saturated rings. The van der Waals surface area contributed by atoms with Crippen LogP contribution in [0.1, 0.15) is 28.6 Å². The lowest BCUT2D eigenvalue weighted by Crippen LogP contribution is -2.26. The smallest absolute Gasteiger partial charge is 0.348 e. The highest BCUT2D eigenvalue weighted by atomic mass is 17.2. The quantitative estimate of drug-likeness (QED) is 0.279. The van der Waals surface area contributed by atoms with E-state index in [2.05, 4.69) is 14.9 Å². The van der Waals surface area contributed by atoms with E-state index in [-0.39, 0.29) is 6.54 Å². The van der Waals surface area contributed by atoms with Gasteiger partial charge >= 0.3 is 11.9 Å². The molecule has 1 heterocycles. The maximum Gasteiger partial charge on any atom is 0.348 e. The summed E-state index contributed by atoms with van der Waals surface area (Å²) in [6, 6.07) is 12.4. The molecule has 0 spiro atoms. The summed E-state index contributed by atoms with van der Waals surface area (Å²) in [6.45, 7) is -0.0146. The molecule has 4 rings (SSSR count). The van der Waals surface area contributed by atoms with E-state index in [0.29, 0.717) is 23.2 Å². The Kier molecular flexibility index (Phi) is 5.46. The van der Waals surface area contributed by atoms with Gasteiger partial charge in [-0.2, -0.15) is 0 Å². The monoisotopic (exact) mass is 427 g/mol. The summed E-state index contributed by atoms with van der Waals surface area (Å²) in [7, 11) is 1.84. The zero-order valence-corrected chi connectivity index (χ0v) is 16.6. The minimum atomic E-state index is -1.84. The van der Waals surface area contributed by atoms with Gasteiger partial charge in [-0.25, -0.2) is 24.3 Å². The Morgan fingerprint density at radius 3 is 2.68 bits per heavy atom. The standard InChI is InChI=1S/C21H21N3O7/c1-24(10-18-22-15-4-2-3-5-16(15)23-18)9-17(25)12-6-7-13-14(8-12)21(13,20(28)29)31-30-11-19(26)27/h2-8,17,25H,9-11H2,1H3,(H,22,23)(H,26,27)(H,28,29). The van der Waals surface area contributed by atoms with Gasteiger partial charge in [0.05, 0.1) is 23.7 Å². The molecule has 3 aromatic rings. The van der Waals surface area contributed by atoms with Crippen molar-refractivity contribution in [2.45, 2.75) is 18.2 Å². The van der Waals surface area contributed by atoms with Crippen molar-refractivity contribution in [1.29, 1.82) is 0 Å². The van der Waals surface area contributed by atoms with Crippen molar-refractivity contribution in [3.63, 3.8) is 0 Å². The Morgan fingerprint density at radius 2 is 1.97 bits per heavy atom. The van der Waals surface area contributed by atoms with Gasteiger partial charge in [0.25, 0.3) is 5.60 Å². The third-order valence-corrected chi connectivity index (χ3v) is 5.13. The molecule has 10 heteroatoms. The topological polar surface area (TPSA) is 145 Å². The predicted molar refractivity (Wildman–Crippen MR) is 107 cm³/mol. The van der Waals surface area contributed by atoms with E-state index in [1.54, 1.807) is 6.07 Å². The van der Waals surface area contributed by atoms with Crippen LogP contribution in [-0.2, 0) is 31.5 Å². The highest BCUT2D eigenvalue weighted by molar-refractivity contribution is 5.93. The van der Waals surface area contributed by atoms with Crippen LogP contribution in [0.5, 0.6) is 0 Å². The number of likely N-dealkylation sites (N-methyl/N-ethyl adjacent to an activating group) is 1. The first-order valence-electron chi connectivity index (χ1n) is 9.52. The van der Waals surface area contributed by atoms with Crippen LogP contribution in [0.15, 0.2) is 42.5 Å². The number of carboxylic acid groups (broad SMARTS) is 2. The van der Waals surface area contributed by atoms with Crippen molar-refractivity contribution >= 4 is 23.0 Å². The van der Waals surface area contributed by atoms with Gasteiger partial charge in [0.15, 0.2) is 6.61 Å². The SMILES string of the molecule is CN(Cc1nc2ccccc2[nH]1)CC(O)c1ccc2c(c1)C2(OOCC(=O)O)C(=O)O. The maximum absolute atomic E-state index is 11.7. The lowest BCUT2D eigenvalue weighted by Gasteiger charge is -2.19. The fourth-order valence-corrected chi connectivity index (χ4v) is 3.62. The average Bonchev–Trinajstić information content (AvgIpc) is 3.18. The van der Waals surface area contributed by atoms with E-state index in [9.17, 15) is 19.8 Å². The lowest BCUT2D eigenvalue weighted by molar-refractivity contribution is -0.333. The molecular weight excluding hydrogens is 406 g/mol. The summed E-state index contributed by atoms with van der Waals surface area (Å²) in [6.07, 6.45) is -0.883. The molecule has 0 aliphatic heterocycles. The molecule has 0 amide bonds. The summed E-state index contributed by atoms with van der Waals surface area (Å²) in [4.78, 5) is 41.4. The molecule has 162 valence electrons. The molecule has 0 saturated carbocycles. The van der Waals surface area contributed by atoms with E-state index in [4.69, 9.17) is 9.99 Å². The van der Waals surface area contributed by atoms with Crippen LogP contribution in [0.2, 0.25) is 0 Å². The minimum absolute atomic E-state index is 0.284. The molecule has 0 radical (unpaired) electrons. The number of para-hydroxylation sites is 2.